The molecule has 0 heterocycles. The maximum absolute atomic E-state index is 12.7. The van der Waals surface area contributed by atoms with Crippen molar-refractivity contribution in [1.29, 1.82) is 0 Å². The van der Waals surface area contributed by atoms with E-state index in [4.69, 9.17) is 14.2 Å². The standard InChI is InChI=1S/C62H118O6/c1-4-7-10-13-16-19-21-22-23-24-25-26-27-28-29-30-31-32-33-34-35-36-37-38-39-40-41-42-44-46-49-52-55-61(64)67-58-59(57-66-60(63)54-51-48-45-18-15-12-9-6-3)68-62(65)56-53-50-47-43-20-17-14-11-8-5-2/h11,14,59H,4-10,12-13,15-58H2,1-3H3/b14-11-. The number of carbonyl (C=O) groups is 3. The molecule has 0 aromatic carbocycles. The van der Waals surface area contributed by atoms with E-state index in [-0.39, 0.29) is 31.1 Å². The molecular formula is C62H118O6. The van der Waals surface area contributed by atoms with Crippen molar-refractivity contribution in [3.63, 3.8) is 0 Å². The van der Waals surface area contributed by atoms with Crippen LogP contribution in [-0.4, -0.2) is 37.2 Å². The summed E-state index contributed by atoms with van der Waals surface area (Å²) in [5.41, 5.74) is 0. The summed E-state index contributed by atoms with van der Waals surface area (Å²) in [7, 11) is 0. The molecule has 6 heteroatoms. The van der Waals surface area contributed by atoms with Crippen LogP contribution < -0.4 is 0 Å². The molecule has 0 aliphatic carbocycles. The van der Waals surface area contributed by atoms with Crippen molar-refractivity contribution in [2.45, 2.75) is 354 Å². The largest absolute Gasteiger partial charge is 0.462 e. The van der Waals surface area contributed by atoms with Crippen molar-refractivity contribution in [2.24, 2.45) is 0 Å². The maximum Gasteiger partial charge on any atom is 0.306 e. The van der Waals surface area contributed by atoms with Gasteiger partial charge in [0.15, 0.2) is 6.10 Å². The van der Waals surface area contributed by atoms with Gasteiger partial charge in [-0.25, -0.2) is 0 Å². The van der Waals surface area contributed by atoms with E-state index in [1.807, 2.05) is 0 Å². The summed E-state index contributed by atoms with van der Waals surface area (Å²) in [6, 6.07) is 0. The molecule has 0 saturated carbocycles. The van der Waals surface area contributed by atoms with Gasteiger partial charge in [0, 0.05) is 19.3 Å². The van der Waals surface area contributed by atoms with E-state index in [1.165, 1.54) is 238 Å². The van der Waals surface area contributed by atoms with Crippen molar-refractivity contribution in [1.82, 2.24) is 0 Å². The molecule has 0 saturated heterocycles. The van der Waals surface area contributed by atoms with Gasteiger partial charge in [-0.05, 0) is 38.5 Å². The number of carbonyl (C=O) groups excluding carboxylic acids is 3. The topological polar surface area (TPSA) is 78.9 Å². The van der Waals surface area contributed by atoms with Gasteiger partial charge in [-0.15, -0.1) is 0 Å². The summed E-state index contributed by atoms with van der Waals surface area (Å²) in [4.78, 5) is 37.8. The average molecular weight is 960 g/mol. The second-order valence-corrected chi connectivity index (χ2v) is 21.0. The first-order chi connectivity index (χ1) is 33.5. The summed E-state index contributed by atoms with van der Waals surface area (Å²) in [5, 5.41) is 0. The van der Waals surface area contributed by atoms with E-state index in [1.54, 1.807) is 0 Å². The Morgan fingerprint density at radius 2 is 0.515 bits per heavy atom. The Kier molecular flexibility index (Phi) is 56.2. The minimum absolute atomic E-state index is 0.0687. The highest BCUT2D eigenvalue weighted by molar-refractivity contribution is 5.71. The first-order valence-electron chi connectivity index (χ1n) is 30.7. The number of rotatable bonds is 57. The highest BCUT2D eigenvalue weighted by atomic mass is 16.6. The van der Waals surface area contributed by atoms with E-state index < -0.39 is 6.10 Å². The third kappa shape index (κ3) is 55.1. The normalized spacial score (nSPS) is 12.0. The number of hydrogen-bond donors (Lipinski definition) is 0. The second-order valence-electron chi connectivity index (χ2n) is 21.0. The van der Waals surface area contributed by atoms with Crippen molar-refractivity contribution in [3.8, 4) is 0 Å². The molecule has 402 valence electrons. The molecule has 0 aromatic heterocycles. The zero-order valence-corrected chi connectivity index (χ0v) is 46.2. The zero-order chi connectivity index (χ0) is 49.3. The molecule has 0 aliphatic rings. The Labute approximate surface area is 424 Å². The van der Waals surface area contributed by atoms with Gasteiger partial charge in [0.05, 0.1) is 0 Å². The SMILES string of the molecule is CCC/C=C\CCCCCCCC(=O)OC(COC(=O)CCCCCCCCCC)COC(=O)CCCCCCCCCCCCCCCCCCCCCCCCCCCCCCCCCC. The van der Waals surface area contributed by atoms with Crippen molar-refractivity contribution >= 4 is 17.9 Å². The molecule has 1 atom stereocenters. The number of unbranched alkanes of at least 4 members (excludes halogenated alkanes) is 44. The fraction of sp³-hybridized carbons (Fsp3) is 0.919. The van der Waals surface area contributed by atoms with E-state index >= 15 is 0 Å². The van der Waals surface area contributed by atoms with Crippen LogP contribution >= 0.6 is 0 Å². The second kappa shape index (κ2) is 57.7. The third-order valence-electron chi connectivity index (χ3n) is 14.0. The Morgan fingerprint density at radius 1 is 0.279 bits per heavy atom. The molecule has 0 N–H and O–H groups in total. The highest BCUT2D eigenvalue weighted by Crippen LogP contribution is 2.18. The summed E-state index contributed by atoms with van der Waals surface area (Å²) in [6.07, 6.45) is 67.0. The molecule has 0 spiro atoms. The fourth-order valence-electron chi connectivity index (χ4n) is 9.39. The lowest BCUT2D eigenvalue weighted by atomic mass is 10.0. The van der Waals surface area contributed by atoms with Gasteiger partial charge >= 0.3 is 17.9 Å². The Balaban J connectivity index is 3.88. The Bertz CT molecular complexity index is 1060. The van der Waals surface area contributed by atoms with Gasteiger partial charge in [0.2, 0.25) is 0 Å². The quantitative estimate of drug-likeness (QED) is 0.0262. The van der Waals surface area contributed by atoms with E-state index in [0.717, 1.165) is 70.6 Å². The van der Waals surface area contributed by atoms with Gasteiger partial charge in [-0.2, -0.15) is 0 Å². The van der Waals surface area contributed by atoms with Crippen LogP contribution in [0, 0.1) is 0 Å². The molecule has 0 fully saturated rings. The number of ether oxygens (including phenoxy) is 3. The Hall–Kier alpha value is -1.85. The predicted molar refractivity (Wildman–Crippen MR) is 293 cm³/mol. The first-order valence-corrected chi connectivity index (χ1v) is 30.7. The third-order valence-corrected chi connectivity index (χ3v) is 14.0. The number of allylic oxidation sites excluding steroid dienone is 2. The van der Waals surface area contributed by atoms with Crippen molar-refractivity contribution in [3.05, 3.63) is 12.2 Å². The number of hydrogen-bond acceptors (Lipinski definition) is 6. The van der Waals surface area contributed by atoms with Crippen LogP contribution in [0.3, 0.4) is 0 Å². The van der Waals surface area contributed by atoms with Crippen LogP contribution in [0.5, 0.6) is 0 Å². The molecule has 0 bridgehead atoms. The van der Waals surface area contributed by atoms with Gasteiger partial charge in [-0.3, -0.25) is 14.4 Å². The van der Waals surface area contributed by atoms with Crippen molar-refractivity contribution in [2.75, 3.05) is 13.2 Å². The van der Waals surface area contributed by atoms with Gasteiger partial charge in [0.1, 0.15) is 13.2 Å². The molecule has 1 unspecified atom stereocenters. The van der Waals surface area contributed by atoms with Gasteiger partial charge in [-0.1, -0.05) is 303 Å². The van der Waals surface area contributed by atoms with Crippen LogP contribution in [0.15, 0.2) is 12.2 Å². The minimum atomic E-state index is -0.767. The van der Waals surface area contributed by atoms with Gasteiger partial charge < -0.3 is 14.2 Å². The lowest BCUT2D eigenvalue weighted by Gasteiger charge is -2.18. The molecule has 0 amide bonds. The van der Waals surface area contributed by atoms with Gasteiger partial charge in [0.25, 0.3) is 0 Å². The zero-order valence-electron chi connectivity index (χ0n) is 46.2. The van der Waals surface area contributed by atoms with Crippen LogP contribution in [0.4, 0.5) is 0 Å². The van der Waals surface area contributed by atoms with E-state index in [0.29, 0.717) is 19.3 Å². The summed E-state index contributed by atoms with van der Waals surface area (Å²) in [6.45, 7) is 6.59. The predicted octanol–water partition coefficient (Wildman–Crippen LogP) is 20.5. The number of esters is 3. The maximum atomic E-state index is 12.7. The van der Waals surface area contributed by atoms with E-state index in [9.17, 15) is 14.4 Å². The van der Waals surface area contributed by atoms with Crippen LogP contribution in [0.1, 0.15) is 348 Å². The van der Waals surface area contributed by atoms with Crippen LogP contribution in [0.25, 0.3) is 0 Å². The highest BCUT2D eigenvalue weighted by Gasteiger charge is 2.19. The summed E-state index contributed by atoms with van der Waals surface area (Å²) >= 11 is 0. The monoisotopic (exact) mass is 959 g/mol. The molecule has 0 aliphatic heterocycles. The fourth-order valence-corrected chi connectivity index (χ4v) is 9.39. The first kappa shape index (κ1) is 66.2. The average Bonchev–Trinajstić information content (AvgIpc) is 3.34. The lowest BCUT2D eigenvalue weighted by molar-refractivity contribution is -0.167. The lowest BCUT2D eigenvalue weighted by Crippen LogP contribution is -2.30. The molecule has 6 nitrogen and oxygen atoms in total. The molecule has 0 radical (unpaired) electrons. The minimum Gasteiger partial charge on any atom is -0.462 e. The van der Waals surface area contributed by atoms with Crippen molar-refractivity contribution < 1.29 is 28.6 Å². The Morgan fingerprint density at radius 3 is 0.794 bits per heavy atom. The molecule has 68 heavy (non-hydrogen) atoms. The van der Waals surface area contributed by atoms with Crippen LogP contribution in [-0.2, 0) is 28.6 Å². The van der Waals surface area contributed by atoms with Crippen LogP contribution in [0.2, 0.25) is 0 Å². The summed E-state index contributed by atoms with van der Waals surface area (Å²) < 4.78 is 16.8. The summed E-state index contributed by atoms with van der Waals surface area (Å²) in [5.74, 6) is -0.866. The molecule has 0 rings (SSSR count). The van der Waals surface area contributed by atoms with E-state index in [2.05, 4.69) is 32.9 Å². The molecular weight excluding hydrogens is 841 g/mol. The smallest absolute Gasteiger partial charge is 0.306 e. The molecule has 0 aromatic rings.